The van der Waals surface area contributed by atoms with Crippen molar-refractivity contribution >= 4 is 5.91 Å². The lowest BCUT2D eigenvalue weighted by Crippen LogP contribution is -2.50. The Hall–Kier alpha value is -2.21. The molecular formula is C25H34N4O. The minimum absolute atomic E-state index is 0.149. The van der Waals surface area contributed by atoms with Crippen LogP contribution in [0.25, 0.3) is 0 Å². The van der Waals surface area contributed by atoms with Crippen molar-refractivity contribution in [2.45, 2.75) is 32.5 Å². The summed E-state index contributed by atoms with van der Waals surface area (Å²) in [5.74, 6) is 0.149. The summed E-state index contributed by atoms with van der Waals surface area (Å²) in [5.41, 5.74) is 4.25. The van der Waals surface area contributed by atoms with Gasteiger partial charge in [0.05, 0.1) is 6.54 Å². The van der Waals surface area contributed by atoms with E-state index in [0.29, 0.717) is 12.6 Å². The molecule has 0 radical (unpaired) electrons. The zero-order valence-electron chi connectivity index (χ0n) is 18.1. The fourth-order valence-electron chi connectivity index (χ4n) is 4.49. The van der Waals surface area contributed by atoms with Gasteiger partial charge in [0.15, 0.2) is 0 Å². The van der Waals surface area contributed by atoms with Crippen molar-refractivity contribution in [2.75, 3.05) is 45.8 Å². The summed E-state index contributed by atoms with van der Waals surface area (Å²) < 4.78 is 0. The first-order valence-electron chi connectivity index (χ1n) is 11.2. The van der Waals surface area contributed by atoms with Crippen molar-refractivity contribution < 1.29 is 4.79 Å². The van der Waals surface area contributed by atoms with Gasteiger partial charge in [-0.3, -0.25) is 19.5 Å². The summed E-state index contributed by atoms with van der Waals surface area (Å²) in [7, 11) is 0. The molecule has 2 heterocycles. The van der Waals surface area contributed by atoms with Crippen LogP contribution in [0.2, 0.25) is 0 Å². The van der Waals surface area contributed by atoms with Crippen molar-refractivity contribution in [3.8, 4) is 0 Å². The van der Waals surface area contributed by atoms with Crippen LogP contribution in [0.3, 0.4) is 0 Å². The van der Waals surface area contributed by atoms with E-state index in [-0.39, 0.29) is 5.91 Å². The molecule has 4 rings (SSSR count). The Morgan fingerprint density at radius 2 is 1.57 bits per heavy atom. The molecule has 1 amide bonds. The predicted octanol–water partition coefficient (Wildman–Crippen LogP) is 2.37. The van der Waals surface area contributed by atoms with E-state index >= 15 is 0 Å². The van der Waals surface area contributed by atoms with Crippen LogP contribution in [-0.4, -0.2) is 72.5 Å². The fraction of sp³-hybridized carbons (Fsp3) is 0.480. The van der Waals surface area contributed by atoms with Crippen molar-refractivity contribution in [3.63, 3.8) is 0 Å². The van der Waals surface area contributed by atoms with E-state index in [1.807, 2.05) is 0 Å². The first-order valence-corrected chi connectivity index (χ1v) is 11.2. The molecule has 1 fully saturated rings. The van der Waals surface area contributed by atoms with Gasteiger partial charge in [0.2, 0.25) is 5.91 Å². The Labute approximate surface area is 180 Å². The van der Waals surface area contributed by atoms with Crippen LogP contribution < -0.4 is 5.32 Å². The molecule has 1 N–H and O–H groups in total. The van der Waals surface area contributed by atoms with E-state index in [2.05, 4.69) is 81.5 Å². The van der Waals surface area contributed by atoms with Crippen LogP contribution in [0.15, 0.2) is 54.6 Å². The summed E-state index contributed by atoms with van der Waals surface area (Å²) >= 11 is 0. The molecule has 160 valence electrons. The van der Waals surface area contributed by atoms with Crippen LogP contribution in [0, 0.1) is 0 Å². The molecule has 2 aromatic carbocycles. The largest absolute Gasteiger partial charge is 0.353 e. The van der Waals surface area contributed by atoms with Crippen molar-refractivity contribution in [1.29, 1.82) is 0 Å². The number of benzene rings is 2. The van der Waals surface area contributed by atoms with Gasteiger partial charge in [-0.25, -0.2) is 0 Å². The lowest BCUT2D eigenvalue weighted by molar-refractivity contribution is -0.122. The first-order chi connectivity index (χ1) is 14.7. The quantitative estimate of drug-likeness (QED) is 0.766. The monoisotopic (exact) mass is 406 g/mol. The second kappa shape index (κ2) is 10.2. The average molecular weight is 407 g/mol. The molecule has 0 saturated carbocycles. The van der Waals surface area contributed by atoms with E-state index in [1.165, 1.54) is 16.7 Å². The third kappa shape index (κ3) is 5.69. The Balaban J connectivity index is 1.15. The number of amides is 1. The van der Waals surface area contributed by atoms with E-state index in [1.54, 1.807) is 0 Å². The topological polar surface area (TPSA) is 38.8 Å². The van der Waals surface area contributed by atoms with Gasteiger partial charge in [-0.2, -0.15) is 0 Å². The average Bonchev–Trinajstić information content (AvgIpc) is 2.79. The summed E-state index contributed by atoms with van der Waals surface area (Å²) in [5, 5.41) is 3.17. The highest BCUT2D eigenvalue weighted by Gasteiger charge is 2.22. The van der Waals surface area contributed by atoms with Crippen molar-refractivity contribution in [3.05, 3.63) is 71.3 Å². The maximum absolute atomic E-state index is 12.5. The highest BCUT2D eigenvalue weighted by molar-refractivity contribution is 5.78. The molecule has 5 nitrogen and oxygen atoms in total. The number of piperazine rings is 1. The zero-order chi connectivity index (χ0) is 20.8. The number of hydrogen-bond acceptors (Lipinski definition) is 4. The molecule has 1 atom stereocenters. The molecule has 2 aliphatic heterocycles. The highest BCUT2D eigenvalue weighted by Crippen LogP contribution is 2.20. The molecular weight excluding hydrogens is 372 g/mol. The summed E-state index contributed by atoms with van der Waals surface area (Å²) in [6.07, 6.45) is 1.10. The molecule has 30 heavy (non-hydrogen) atoms. The molecule has 1 unspecified atom stereocenters. The number of hydrogen-bond donors (Lipinski definition) is 1. The van der Waals surface area contributed by atoms with Gasteiger partial charge in [-0.1, -0.05) is 54.6 Å². The molecule has 0 bridgehead atoms. The van der Waals surface area contributed by atoms with Crippen LogP contribution >= 0.6 is 0 Å². The molecule has 2 aliphatic rings. The smallest absolute Gasteiger partial charge is 0.234 e. The lowest BCUT2D eigenvalue weighted by Gasteiger charge is -2.35. The highest BCUT2D eigenvalue weighted by atomic mass is 16.2. The summed E-state index contributed by atoms with van der Waals surface area (Å²) in [4.78, 5) is 19.7. The van der Waals surface area contributed by atoms with Gasteiger partial charge in [0.1, 0.15) is 0 Å². The molecule has 0 spiro atoms. The zero-order valence-corrected chi connectivity index (χ0v) is 18.1. The molecule has 2 aromatic rings. The van der Waals surface area contributed by atoms with Gasteiger partial charge >= 0.3 is 0 Å². The number of rotatable bonds is 7. The lowest BCUT2D eigenvalue weighted by atomic mass is 9.99. The summed E-state index contributed by atoms with van der Waals surface area (Å²) in [6.45, 7) is 10.4. The molecule has 0 aliphatic carbocycles. The Morgan fingerprint density at radius 1 is 0.900 bits per heavy atom. The van der Waals surface area contributed by atoms with Gasteiger partial charge in [-0.15, -0.1) is 0 Å². The maximum Gasteiger partial charge on any atom is 0.234 e. The minimum Gasteiger partial charge on any atom is -0.353 e. The van der Waals surface area contributed by atoms with Gasteiger partial charge in [0, 0.05) is 58.4 Å². The van der Waals surface area contributed by atoms with Crippen LogP contribution in [0.4, 0.5) is 0 Å². The third-order valence-corrected chi connectivity index (χ3v) is 6.46. The summed E-state index contributed by atoms with van der Waals surface area (Å²) in [6, 6.07) is 19.7. The maximum atomic E-state index is 12.5. The third-order valence-electron chi connectivity index (χ3n) is 6.46. The van der Waals surface area contributed by atoms with Crippen molar-refractivity contribution in [1.82, 2.24) is 20.0 Å². The predicted molar refractivity (Wildman–Crippen MR) is 121 cm³/mol. The van der Waals surface area contributed by atoms with Gasteiger partial charge in [-0.05, 0) is 30.0 Å². The second-order valence-corrected chi connectivity index (χ2v) is 8.68. The second-order valence-electron chi connectivity index (χ2n) is 8.68. The molecule has 5 heteroatoms. The first kappa shape index (κ1) is 21.0. The van der Waals surface area contributed by atoms with E-state index < -0.39 is 0 Å². The Morgan fingerprint density at radius 3 is 2.33 bits per heavy atom. The van der Waals surface area contributed by atoms with Crippen LogP contribution in [0.5, 0.6) is 0 Å². The minimum atomic E-state index is 0.149. The number of carbonyl (C=O) groups excluding carboxylic acids is 1. The number of nitrogens with zero attached hydrogens (tertiary/aromatic N) is 3. The standard InChI is InChI=1S/C25H34N4O/c1-21(29-12-11-23-9-5-6-10-24(23)19-29)17-26-25(30)20-28-15-13-27(14-16-28)18-22-7-3-2-4-8-22/h2-10,21H,11-20H2,1H3,(H,26,30). The van der Waals surface area contributed by atoms with E-state index in [9.17, 15) is 4.79 Å². The van der Waals surface area contributed by atoms with Gasteiger partial charge < -0.3 is 5.32 Å². The number of carbonyl (C=O) groups is 1. The van der Waals surface area contributed by atoms with Crippen molar-refractivity contribution in [2.24, 2.45) is 0 Å². The fourth-order valence-corrected chi connectivity index (χ4v) is 4.49. The Kier molecular flexibility index (Phi) is 7.16. The van der Waals surface area contributed by atoms with E-state index in [4.69, 9.17) is 0 Å². The SMILES string of the molecule is CC(CNC(=O)CN1CCN(Cc2ccccc2)CC1)N1CCc2ccccc2C1. The van der Waals surface area contributed by atoms with E-state index in [0.717, 1.165) is 58.8 Å². The Bertz CT molecular complexity index is 817. The molecule has 0 aromatic heterocycles. The number of nitrogens with one attached hydrogen (secondary N) is 1. The number of fused-ring (bicyclic) bond motifs is 1. The normalized spacial score (nSPS) is 19.2. The molecule has 1 saturated heterocycles. The van der Waals surface area contributed by atoms with Gasteiger partial charge in [0.25, 0.3) is 0 Å². The van der Waals surface area contributed by atoms with Crippen LogP contribution in [-0.2, 0) is 24.3 Å². The van der Waals surface area contributed by atoms with Crippen LogP contribution in [0.1, 0.15) is 23.6 Å².